The van der Waals surface area contributed by atoms with Crippen LogP contribution < -0.4 is 0 Å². The lowest BCUT2D eigenvalue weighted by molar-refractivity contribution is -0.122. The van der Waals surface area contributed by atoms with E-state index in [1.54, 1.807) is 11.8 Å². The molecule has 0 N–H and O–H groups in total. The zero-order valence-electron chi connectivity index (χ0n) is 6.43. The minimum atomic E-state index is 0.444. The minimum Gasteiger partial charge on any atom is -0.298 e. The fourth-order valence-electron chi connectivity index (χ4n) is 1.05. The smallest absolute Gasteiger partial charge is 0.145 e. The first kappa shape index (κ1) is 8.12. The maximum atomic E-state index is 11.2. The summed E-state index contributed by atoms with van der Waals surface area (Å²) in [5.41, 5.74) is 0. The Labute approximate surface area is 66.6 Å². The van der Waals surface area contributed by atoms with Gasteiger partial charge in [-0.3, -0.25) is 4.79 Å². The lowest BCUT2D eigenvalue weighted by Crippen LogP contribution is -2.23. The van der Waals surface area contributed by atoms with Crippen molar-refractivity contribution in [1.29, 1.82) is 0 Å². The Hall–Kier alpha value is 0.0200. The van der Waals surface area contributed by atoms with Crippen LogP contribution in [0.1, 0.15) is 26.2 Å². The summed E-state index contributed by atoms with van der Waals surface area (Å²) in [4.78, 5) is 11.2. The molecule has 0 atom stereocenters. The molecule has 1 aliphatic carbocycles. The predicted molar refractivity (Wildman–Crippen MR) is 45.3 cm³/mol. The molecule has 0 aromatic heterocycles. The van der Waals surface area contributed by atoms with Gasteiger partial charge in [-0.05, 0) is 18.6 Å². The van der Waals surface area contributed by atoms with E-state index >= 15 is 0 Å². The van der Waals surface area contributed by atoms with E-state index in [4.69, 9.17) is 0 Å². The molecule has 0 heterocycles. The first-order valence-electron chi connectivity index (χ1n) is 3.95. The number of Topliss-reactive ketones (excluding diaryl/α,β-unsaturated/α-hetero) is 1. The quantitative estimate of drug-likeness (QED) is 0.623. The van der Waals surface area contributed by atoms with Gasteiger partial charge < -0.3 is 0 Å². The number of carbonyl (C=O) groups is 1. The van der Waals surface area contributed by atoms with Gasteiger partial charge in [0.25, 0.3) is 0 Å². The number of thioether (sulfide) groups is 1. The number of hydrogen-bond acceptors (Lipinski definition) is 2. The SMILES string of the molecule is CCSCC(=O)C1CCC1. The Morgan fingerprint density at radius 3 is 2.70 bits per heavy atom. The monoisotopic (exact) mass is 158 g/mol. The fraction of sp³-hybridized carbons (Fsp3) is 0.875. The summed E-state index contributed by atoms with van der Waals surface area (Å²) >= 11 is 1.74. The molecule has 1 rings (SSSR count). The molecule has 1 aliphatic rings. The minimum absolute atomic E-state index is 0.444. The molecule has 1 saturated carbocycles. The van der Waals surface area contributed by atoms with Crippen LogP contribution in [-0.4, -0.2) is 17.3 Å². The molecule has 0 unspecified atom stereocenters. The van der Waals surface area contributed by atoms with Gasteiger partial charge in [-0.1, -0.05) is 13.3 Å². The molecule has 2 heteroatoms. The van der Waals surface area contributed by atoms with Crippen LogP contribution >= 0.6 is 11.8 Å². The van der Waals surface area contributed by atoms with E-state index in [-0.39, 0.29) is 0 Å². The third-order valence-corrected chi connectivity index (χ3v) is 2.91. The van der Waals surface area contributed by atoms with Crippen LogP contribution in [0.2, 0.25) is 0 Å². The van der Waals surface area contributed by atoms with Crippen LogP contribution in [0, 0.1) is 5.92 Å². The third-order valence-electron chi connectivity index (χ3n) is 2.01. The zero-order chi connectivity index (χ0) is 7.40. The second kappa shape index (κ2) is 4.02. The van der Waals surface area contributed by atoms with Crippen molar-refractivity contribution in [2.45, 2.75) is 26.2 Å². The van der Waals surface area contributed by atoms with Crippen molar-refractivity contribution in [3.05, 3.63) is 0 Å². The lowest BCUT2D eigenvalue weighted by Gasteiger charge is -2.23. The van der Waals surface area contributed by atoms with Gasteiger partial charge in [0.1, 0.15) is 5.78 Å². The number of hydrogen-bond donors (Lipinski definition) is 0. The average Bonchev–Trinajstić information content (AvgIpc) is 1.79. The highest BCUT2D eigenvalue weighted by atomic mass is 32.2. The Morgan fingerprint density at radius 2 is 2.30 bits per heavy atom. The van der Waals surface area contributed by atoms with E-state index in [1.165, 1.54) is 6.42 Å². The second-order valence-corrected chi connectivity index (χ2v) is 4.01. The van der Waals surface area contributed by atoms with Crippen LogP contribution in [0.3, 0.4) is 0 Å². The molecule has 0 aliphatic heterocycles. The molecule has 1 nitrogen and oxygen atoms in total. The van der Waals surface area contributed by atoms with Crippen LogP contribution in [-0.2, 0) is 4.79 Å². The van der Waals surface area contributed by atoms with Crippen molar-refractivity contribution in [3.8, 4) is 0 Å². The summed E-state index contributed by atoms with van der Waals surface area (Å²) in [6, 6.07) is 0. The molecule has 1 fully saturated rings. The predicted octanol–water partition coefficient (Wildman–Crippen LogP) is 2.11. The van der Waals surface area contributed by atoms with E-state index in [9.17, 15) is 4.79 Å². The topological polar surface area (TPSA) is 17.1 Å². The van der Waals surface area contributed by atoms with Crippen LogP contribution in [0.5, 0.6) is 0 Å². The van der Waals surface area contributed by atoms with Gasteiger partial charge in [-0.25, -0.2) is 0 Å². The Kier molecular flexibility index (Phi) is 3.26. The van der Waals surface area contributed by atoms with E-state index in [0.29, 0.717) is 11.7 Å². The van der Waals surface area contributed by atoms with E-state index in [2.05, 4.69) is 6.92 Å². The van der Waals surface area contributed by atoms with Crippen molar-refractivity contribution in [1.82, 2.24) is 0 Å². The first-order valence-corrected chi connectivity index (χ1v) is 5.10. The molecule has 0 aromatic carbocycles. The van der Waals surface area contributed by atoms with Crippen molar-refractivity contribution in [2.75, 3.05) is 11.5 Å². The highest BCUT2D eigenvalue weighted by Gasteiger charge is 2.24. The Morgan fingerprint density at radius 1 is 1.60 bits per heavy atom. The molecular formula is C8H14OS. The maximum absolute atomic E-state index is 11.2. The second-order valence-electron chi connectivity index (χ2n) is 2.73. The normalized spacial score (nSPS) is 18.5. The summed E-state index contributed by atoms with van der Waals surface area (Å²) in [6.45, 7) is 2.10. The molecule has 0 amide bonds. The van der Waals surface area contributed by atoms with Crippen molar-refractivity contribution in [3.63, 3.8) is 0 Å². The molecular weight excluding hydrogens is 144 g/mol. The van der Waals surface area contributed by atoms with Gasteiger partial charge in [0.05, 0.1) is 5.75 Å². The van der Waals surface area contributed by atoms with Crippen LogP contribution in [0.25, 0.3) is 0 Å². The summed E-state index contributed by atoms with van der Waals surface area (Å²) in [5, 5.41) is 0. The zero-order valence-corrected chi connectivity index (χ0v) is 7.25. The summed E-state index contributed by atoms with van der Waals surface area (Å²) in [6.07, 6.45) is 3.58. The van der Waals surface area contributed by atoms with Crippen molar-refractivity contribution in [2.24, 2.45) is 5.92 Å². The first-order chi connectivity index (χ1) is 4.84. The average molecular weight is 158 g/mol. The largest absolute Gasteiger partial charge is 0.298 e. The van der Waals surface area contributed by atoms with E-state index in [1.807, 2.05) is 0 Å². The van der Waals surface area contributed by atoms with Gasteiger partial charge >= 0.3 is 0 Å². The standard InChI is InChI=1S/C8H14OS/c1-2-10-6-8(9)7-4-3-5-7/h7H,2-6H2,1H3. The van der Waals surface area contributed by atoms with Crippen LogP contribution in [0.15, 0.2) is 0 Å². The summed E-state index contributed by atoms with van der Waals surface area (Å²) < 4.78 is 0. The molecule has 0 saturated heterocycles. The number of rotatable bonds is 4. The van der Waals surface area contributed by atoms with Gasteiger partial charge in [-0.15, -0.1) is 0 Å². The number of carbonyl (C=O) groups excluding carboxylic acids is 1. The lowest BCUT2D eigenvalue weighted by atomic mass is 9.83. The van der Waals surface area contributed by atoms with Gasteiger partial charge in [0.2, 0.25) is 0 Å². The van der Waals surface area contributed by atoms with Gasteiger partial charge in [0.15, 0.2) is 0 Å². The Balaban J connectivity index is 2.08. The molecule has 0 radical (unpaired) electrons. The van der Waals surface area contributed by atoms with Crippen molar-refractivity contribution < 1.29 is 4.79 Å². The van der Waals surface area contributed by atoms with E-state index in [0.717, 1.165) is 24.3 Å². The Bertz CT molecular complexity index is 118. The highest BCUT2D eigenvalue weighted by Crippen LogP contribution is 2.27. The molecule has 0 aromatic rings. The summed E-state index contributed by atoms with van der Waals surface area (Å²) in [7, 11) is 0. The van der Waals surface area contributed by atoms with Gasteiger partial charge in [0, 0.05) is 5.92 Å². The molecule has 10 heavy (non-hydrogen) atoms. The highest BCUT2D eigenvalue weighted by molar-refractivity contribution is 7.99. The summed E-state index contributed by atoms with van der Waals surface area (Å²) in [5.74, 6) is 2.75. The number of ketones is 1. The molecule has 0 spiro atoms. The van der Waals surface area contributed by atoms with Gasteiger partial charge in [-0.2, -0.15) is 11.8 Å². The molecule has 58 valence electrons. The van der Waals surface area contributed by atoms with Crippen molar-refractivity contribution >= 4 is 17.5 Å². The van der Waals surface area contributed by atoms with Crippen LogP contribution in [0.4, 0.5) is 0 Å². The fourth-order valence-corrected chi connectivity index (χ4v) is 1.69. The third kappa shape index (κ3) is 2.01. The maximum Gasteiger partial charge on any atom is 0.145 e. The van der Waals surface area contributed by atoms with E-state index < -0.39 is 0 Å². The molecule has 0 bridgehead atoms.